The summed E-state index contributed by atoms with van der Waals surface area (Å²) in [6, 6.07) is 18.9. The summed E-state index contributed by atoms with van der Waals surface area (Å²) in [5.41, 5.74) is 7.86. The Morgan fingerprint density at radius 1 is 1.03 bits per heavy atom. The minimum absolute atomic E-state index is 0.188. The number of pyridine rings is 1. The molecule has 0 aliphatic rings. The van der Waals surface area contributed by atoms with E-state index < -0.39 is 0 Å². The van der Waals surface area contributed by atoms with Gasteiger partial charge in [0.1, 0.15) is 17.3 Å². The van der Waals surface area contributed by atoms with E-state index in [1.807, 2.05) is 54.8 Å². The summed E-state index contributed by atoms with van der Waals surface area (Å²) in [7, 11) is 1.58. The number of rotatable bonds is 8. The van der Waals surface area contributed by atoms with Crippen molar-refractivity contribution >= 4 is 23.5 Å². The molecule has 1 heterocycles. The van der Waals surface area contributed by atoms with Gasteiger partial charge in [-0.15, -0.1) is 11.8 Å². The molecule has 3 rings (SSSR count). The third-order valence-corrected chi connectivity index (χ3v) is 4.93. The normalized spacial score (nSPS) is 10.6. The second kappa shape index (κ2) is 9.95. The van der Waals surface area contributed by atoms with E-state index in [2.05, 4.69) is 10.3 Å². The third kappa shape index (κ3) is 5.73. The fourth-order valence-corrected chi connectivity index (χ4v) is 3.08. The van der Waals surface area contributed by atoms with Gasteiger partial charge < -0.3 is 20.5 Å². The van der Waals surface area contributed by atoms with E-state index >= 15 is 0 Å². The fraction of sp³-hybridized carbons (Fsp3) is 0.182. The van der Waals surface area contributed by atoms with Gasteiger partial charge in [-0.25, -0.2) is 4.98 Å². The number of carbonyl (C=O) groups is 1. The number of ether oxygens (including phenoxy) is 2. The van der Waals surface area contributed by atoms with Gasteiger partial charge in [0.2, 0.25) is 0 Å². The minimum Gasteiger partial charge on any atom is -0.457 e. The second-order valence-corrected chi connectivity index (χ2v) is 7.15. The first-order valence-corrected chi connectivity index (χ1v) is 10.2. The molecule has 0 radical (unpaired) electrons. The van der Waals surface area contributed by atoms with Crippen LogP contribution in [0.4, 0.5) is 5.82 Å². The fourth-order valence-electron chi connectivity index (χ4n) is 2.67. The van der Waals surface area contributed by atoms with E-state index in [-0.39, 0.29) is 11.7 Å². The zero-order chi connectivity index (χ0) is 20.6. The van der Waals surface area contributed by atoms with Crippen LogP contribution in [0.15, 0.2) is 65.6 Å². The van der Waals surface area contributed by atoms with Crippen LogP contribution in [-0.4, -0.2) is 24.3 Å². The lowest BCUT2D eigenvalue weighted by Crippen LogP contribution is -2.24. The monoisotopic (exact) mass is 409 g/mol. The summed E-state index contributed by atoms with van der Waals surface area (Å²) in [4.78, 5) is 17.7. The van der Waals surface area contributed by atoms with Crippen molar-refractivity contribution in [3.8, 4) is 11.5 Å². The standard InChI is InChI=1S/C22H23N3O3S/c1-27-14-16-5-12-20(21(23)25-16)22(26)24-13-15-3-6-17(7-4-15)28-18-8-10-19(29-2)11-9-18/h3-12H,13-14H2,1-2H3,(H2,23,25)(H,24,26). The van der Waals surface area contributed by atoms with Crippen molar-refractivity contribution in [1.82, 2.24) is 10.3 Å². The van der Waals surface area contributed by atoms with Gasteiger partial charge in [-0.05, 0) is 60.4 Å². The number of anilines is 1. The smallest absolute Gasteiger partial charge is 0.255 e. The highest BCUT2D eigenvalue weighted by Gasteiger charge is 2.11. The Labute approximate surface area is 174 Å². The number of hydrogen-bond acceptors (Lipinski definition) is 6. The Morgan fingerprint density at radius 2 is 1.69 bits per heavy atom. The number of benzene rings is 2. The van der Waals surface area contributed by atoms with Crippen molar-refractivity contribution < 1.29 is 14.3 Å². The van der Waals surface area contributed by atoms with Crippen LogP contribution in [0.2, 0.25) is 0 Å². The molecular formula is C22H23N3O3S. The lowest BCUT2D eigenvalue weighted by atomic mass is 10.2. The first kappa shape index (κ1) is 20.7. The molecule has 1 amide bonds. The molecule has 1 aromatic heterocycles. The Hall–Kier alpha value is -3.03. The van der Waals surface area contributed by atoms with Crippen LogP contribution in [0.3, 0.4) is 0 Å². The quantitative estimate of drug-likeness (QED) is 0.541. The SMILES string of the molecule is COCc1ccc(C(=O)NCc2ccc(Oc3ccc(SC)cc3)cc2)c(N)n1. The summed E-state index contributed by atoms with van der Waals surface area (Å²) in [5.74, 6) is 1.43. The van der Waals surface area contributed by atoms with Crippen LogP contribution in [0.25, 0.3) is 0 Å². The molecule has 0 atom stereocenters. The topological polar surface area (TPSA) is 86.5 Å². The summed E-state index contributed by atoms with van der Waals surface area (Å²) >= 11 is 1.69. The average Bonchev–Trinajstić information content (AvgIpc) is 2.74. The highest BCUT2D eigenvalue weighted by atomic mass is 32.2. The Balaban J connectivity index is 1.56. The van der Waals surface area contributed by atoms with Gasteiger partial charge in [0, 0.05) is 18.6 Å². The molecule has 3 aromatic rings. The van der Waals surface area contributed by atoms with Gasteiger partial charge in [-0.2, -0.15) is 0 Å². The molecule has 0 saturated carbocycles. The second-order valence-electron chi connectivity index (χ2n) is 6.27. The molecule has 0 bridgehead atoms. The number of methoxy groups -OCH3 is 1. The number of nitrogen functional groups attached to an aromatic ring is 1. The lowest BCUT2D eigenvalue weighted by Gasteiger charge is -2.10. The molecule has 0 aliphatic heterocycles. The number of thioether (sulfide) groups is 1. The van der Waals surface area contributed by atoms with Gasteiger partial charge in [0.05, 0.1) is 17.9 Å². The van der Waals surface area contributed by atoms with Crippen LogP contribution in [0.5, 0.6) is 11.5 Å². The molecule has 6 nitrogen and oxygen atoms in total. The zero-order valence-electron chi connectivity index (χ0n) is 16.3. The summed E-state index contributed by atoms with van der Waals surface area (Å²) in [6.45, 7) is 0.725. The van der Waals surface area contributed by atoms with E-state index in [1.165, 1.54) is 4.90 Å². The number of amides is 1. The zero-order valence-corrected chi connectivity index (χ0v) is 17.2. The van der Waals surface area contributed by atoms with Crippen molar-refractivity contribution in [2.45, 2.75) is 18.0 Å². The largest absolute Gasteiger partial charge is 0.457 e. The highest BCUT2D eigenvalue weighted by Crippen LogP contribution is 2.24. The van der Waals surface area contributed by atoms with Crippen molar-refractivity contribution in [1.29, 1.82) is 0 Å². The highest BCUT2D eigenvalue weighted by molar-refractivity contribution is 7.98. The van der Waals surface area contributed by atoms with Gasteiger partial charge in [0.25, 0.3) is 5.91 Å². The maximum Gasteiger partial charge on any atom is 0.255 e. The van der Waals surface area contributed by atoms with E-state index in [9.17, 15) is 4.79 Å². The van der Waals surface area contributed by atoms with Crippen molar-refractivity contribution in [2.24, 2.45) is 0 Å². The van der Waals surface area contributed by atoms with E-state index in [0.29, 0.717) is 24.4 Å². The van der Waals surface area contributed by atoms with Gasteiger partial charge in [-0.3, -0.25) is 4.79 Å². The third-order valence-electron chi connectivity index (χ3n) is 4.19. The Bertz CT molecular complexity index is 960. The molecule has 7 heteroatoms. The van der Waals surface area contributed by atoms with Gasteiger partial charge in [-0.1, -0.05) is 12.1 Å². The molecule has 0 aliphatic carbocycles. The molecule has 0 unspecified atom stereocenters. The number of hydrogen-bond donors (Lipinski definition) is 2. The number of aromatic nitrogens is 1. The molecular weight excluding hydrogens is 386 g/mol. The predicted octanol–water partition coefficient (Wildman–Crippen LogP) is 4.25. The maximum absolute atomic E-state index is 12.4. The number of nitrogens with two attached hydrogens (primary N) is 1. The molecule has 0 fully saturated rings. The number of carbonyl (C=O) groups excluding carboxylic acids is 1. The number of nitrogens with one attached hydrogen (secondary N) is 1. The Kier molecular flexibility index (Phi) is 7.10. The molecule has 2 aromatic carbocycles. The minimum atomic E-state index is -0.270. The van der Waals surface area contributed by atoms with Crippen LogP contribution in [0.1, 0.15) is 21.6 Å². The van der Waals surface area contributed by atoms with E-state index in [1.54, 1.807) is 31.0 Å². The summed E-state index contributed by atoms with van der Waals surface area (Å²) < 4.78 is 10.9. The average molecular weight is 410 g/mol. The number of nitrogens with zero attached hydrogens (tertiary/aromatic N) is 1. The molecule has 0 spiro atoms. The van der Waals surface area contributed by atoms with Crippen molar-refractivity contribution in [3.05, 3.63) is 77.5 Å². The first-order valence-electron chi connectivity index (χ1n) is 9.02. The summed E-state index contributed by atoms with van der Waals surface area (Å²) in [6.07, 6.45) is 2.04. The van der Waals surface area contributed by atoms with Gasteiger partial charge >= 0.3 is 0 Å². The van der Waals surface area contributed by atoms with Crippen LogP contribution in [-0.2, 0) is 17.9 Å². The Morgan fingerprint density at radius 3 is 2.28 bits per heavy atom. The van der Waals surface area contributed by atoms with Crippen LogP contribution >= 0.6 is 11.8 Å². The van der Waals surface area contributed by atoms with Crippen LogP contribution in [0, 0.1) is 0 Å². The van der Waals surface area contributed by atoms with E-state index in [4.69, 9.17) is 15.2 Å². The molecule has 150 valence electrons. The lowest BCUT2D eigenvalue weighted by molar-refractivity contribution is 0.0951. The maximum atomic E-state index is 12.4. The molecule has 3 N–H and O–H groups in total. The summed E-state index contributed by atoms with van der Waals surface area (Å²) in [5, 5.41) is 2.86. The molecule has 0 saturated heterocycles. The first-order chi connectivity index (χ1) is 14.1. The molecule has 29 heavy (non-hydrogen) atoms. The van der Waals surface area contributed by atoms with Crippen molar-refractivity contribution in [2.75, 3.05) is 19.1 Å². The van der Waals surface area contributed by atoms with E-state index in [0.717, 1.165) is 17.1 Å². The predicted molar refractivity (Wildman–Crippen MR) is 115 cm³/mol. The van der Waals surface area contributed by atoms with Crippen LogP contribution < -0.4 is 15.8 Å². The van der Waals surface area contributed by atoms with Crippen molar-refractivity contribution in [3.63, 3.8) is 0 Å². The van der Waals surface area contributed by atoms with Gasteiger partial charge in [0.15, 0.2) is 0 Å².